The first-order valence-electron chi connectivity index (χ1n) is 10.7. The Labute approximate surface area is 180 Å². The molecule has 1 aromatic carbocycles. The smallest absolute Gasteiger partial charge is 0.354 e. The molecule has 1 atom stereocenters. The van der Waals surface area contributed by atoms with Gasteiger partial charge >= 0.3 is 6.18 Å². The summed E-state index contributed by atoms with van der Waals surface area (Å²) in [4.78, 5) is 16.9. The molecule has 2 heterocycles. The molecule has 1 amide bonds. The summed E-state index contributed by atoms with van der Waals surface area (Å²) in [5, 5.41) is 9.20. The van der Waals surface area contributed by atoms with Gasteiger partial charge in [-0.3, -0.25) is 9.78 Å². The molecule has 1 aliphatic heterocycles. The highest BCUT2D eigenvalue weighted by molar-refractivity contribution is 5.83. The van der Waals surface area contributed by atoms with Crippen LogP contribution in [0.2, 0.25) is 0 Å². The maximum atomic E-state index is 13.6. The zero-order valence-electron chi connectivity index (χ0n) is 17.4. The molecule has 2 aromatic rings. The van der Waals surface area contributed by atoms with Crippen LogP contribution < -0.4 is 16.0 Å². The Hall–Kier alpha value is -2.45. The lowest BCUT2D eigenvalue weighted by Gasteiger charge is -2.25. The van der Waals surface area contributed by atoms with Crippen molar-refractivity contribution in [2.45, 2.75) is 37.9 Å². The van der Waals surface area contributed by atoms with E-state index in [1.165, 1.54) is 18.2 Å². The first-order chi connectivity index (χ1) is 14.9. The topological polar surface area (TPSA) is 66.0 Å². The SMILES string of the molecule is O=C(NCCc1ccncc1)C(NCCC1CCNCC1)c1ccccc1C(F)(F)F. The van der Waals surface area contributed by atoms with E-state index in [1.54, 1.807) is 12.4 Å². The first kappa shape index (κ1) is 23.2. The minimum Gasteiger partial charge on any atom is -0.354 e. The van der Waals surface area contributed by atoms with E-state index in [9.17, 15) is 18.0 Å². The number of amides is 1. The fraction of sp³-hybridized carbons (Fsp3) is 0.478. The number of aromatic nitrogens is 1. The van der Waals surface area contributed by atoms with Gasteiger partial charge in [0.25, 0.3) is 0 Å². The number of halogens is 3. The maximum Gasteiger partial charge on any atom is 0.416 e. The number of nitrogens with one attached hydrogen (secondary N) is 3. The number of carbonyl (C=O) groups is 1. The largest absolute Gasteiger partial charge is 0.416 e. The number of benzene rings is 1. The fourth-order valence-corrected chi connectivity index (χ4v) is 3.93. The first-order valence-corrected chi connectivity index (χ1v) is 10.7. The Balaban J connectivity index is 1.68. The molecular formula is C23H29F3N4O. The van der Waals surface area contributed by atoms with Crippen molar-refractivity contribution in [3.05, 3.63) is 65.5 Å². The highest BCUT2D eigenvalue weighted by Crippen LogP contribution is 2.34. The Morgan fingerprint density at radius 2 is 1.81 bits per heavy atom. The number of rotatable bonds is 9. The zero-order valence-corrected chi connectivity index (χ0v) is 17.4. The van der Waals surface area contributed by atoms with Crippen molar-refractivity contribution in [3.63, 3.8) is 0 Å². The molecule has 1 fully saturated rings. The van der Waals surface area contributed by atoms with Crippen LogP contribution in [0, 0.1) is 5.92 Å². The summed E-state index contributed by atoms with van der Waals surface area (Å²) in [6.07, 6.45) is 2.31. The Kier molecular flexibility index (Phi) is 8.43. The van der Waals surface area contributed by atoms with E-state index in [0.29, 0.717) is 25.4 Å². The Morgan fingerprint density at radius 1 is 1.10 bits per heavy atom. The number of nitrogens with zero attached hydrogens (tertiary/aromatic N) is 1. The third-order valence-corrected chi connectivity index (χ3v) is 5.66. The highest BCUT2D eigenvalue weighted by Gasteiger charge is 2.36. The summed E-state index contributed by atoms with van der Waals surface area (Å²) in [7, 11) is 0. The van der Waals surface area contributed by atoms with Crippen LogP contribution in [0.1, 0.15) is 42.0 Å². The van der Waals surface area contributed by atoms with Crippen molar-refractivity contribution in [3.8, 4) is 0 Å². The van der Waals surface area contributed by atoms with Crippen molar-refractivity contribution < 1.29 is 18.0 Å². The molecule has 0 aliphatic carbocycles. The van der Waals surface area contributed by atoms with Gasteiger partial charge < -0.3 is 16.0 Å². The Morgan fingerprint density at radius 3 is 2.52 bits per heavy atom. The second kappa shape index (κ2) is 11.2. The van der Waals surface area contributed by atoms with Gasteiger partial charge in [-0.05, 0) is 80.6 Å². The molecule has 168 valence electrons. The monoisotopic (exact) mass is 434 g/mol. The van der Waals surface area contributed by atoms with Crippen molar-refractivity contribution in [2.75, 3.05) is 26.2 Å². The van der Waals surface area contributed by atoms with Crippen LogP contribution in [0.15, 0.2) is 48.8 Å². The van der Waals surface area contributed by atoms with Gasteiger partial charge in [0.2, 0.25) is 5.91 Å². The van der Waals surface area contributed by atoms with Crippen molar-refractivity contribution in [1.29, 1.82) is 0 Å². The van der Waals surface area contributed by atoms with Gasteiger partial charge in [-0.15, -0.1) is 0 Å². The fourth-order valence-electron chi connectivity index (χ4n) is 3.93. The second-order valence-electron chi connectivity index (χ2n) is 7.85. The van der Waals surface area contributed by atoms with Gasteiger partial charge in [0.05, 0.1) is 5.56 Å². The van der Waals surface area contributed by atoms with Crippen LogP contribution in [0.5, 0.6) is 0 Å². The van der Waals surface area contributed by atoms with Crippen LogP contribution in [-0.2, 0) is 17.4 Å². The lowest BCUT2D eigenvalue weighted by molar-refractivity contribution is -0.138. The summed E-state index contributed by atoms with van der Waals surface area (Å²) >= 11 is 0. The highest BCUT2D eigenvalue weighted by atomic mass is 19.4. The Bertz CT molecular complexity index is 823. The normalized spacial score (nSPS) is 16.1. The molecule has 1 aliphatic rings. The molecule has 0 spiro atoms. The van der Waals surface area contributed by atoms with Gasteiger partial charge in [-0.2, -0.15) is 13.2 Å². The molecule has 3 rings (SSSR count). The number of hydrogen-bond acceptors (Lipinski definition) is 4. The number of hydrogen-bond donors (Lipinski definition) is 3. The lowest BCUT2D eigenvalue weighted by atomic mass is 9.94. The van der Waals surface area contributed by atoms with Gasteiger partial charge in [0, 0.05) is 18.9 Å². The average Bonchev–Trinajstić information content (AvgIpc) is 2.77. The standard InChI is InChI=1S/C23H29F3N4O/c24-23(25,26)20-4-2-1-3-19(20)21(29-15-9-17-5-11-27-12-6-17)22(31)30-16-10-18-7-13-28-14-8-18/h1-4,7-8,13-14,17,21,27,29H,5-6,9-12,15-16H2,(H,30,31). The van der Waals surface area contributed by atoms with Crippen LogP contribution in [0.4, 0.5) is 13.2 Å². The molecule has 5 nitrogen and oxygen atoms in total. The molecule has 1 saturated heterocycles. The summed E-state index contributed by atoms with van der Waals surface area (Å²) in [6, 6.07) is 7.93. The molecule has 3 N–H and O–H groups in total. The number of alkyl halides is 3. The molecular weight excluding hydrogens is 405 g/mol. The van der Waals surface area contributed by atoms with Crippen molar-refractivity contribution in [1.82, 2.24) is 20.9 Å². The minimum absolute atomic E-state index is 0.0401. The van der Waals surface area contributed by atoms with Crippen LogP contribution >= 0.6 is 0 Å². The third-order valence-electron chi connectivity index (χ3n) is 5.66. The van der Waals surface area contributed by atoms with E-state index in [2.05, 4.69) is 20.9 Å². The number of piperidine rings is 1. The predicted octanol–water partition coefficient (Wildman–Crippen LogP) is 3.48. The minimum atomic E-state index is -4.52. The molecule has 0 bridgehead atoms. The van der Waals surface area contributed by atoms with Gasteiger partial charge in [-0.25, -0.2) is 0 Å². The van der Waals surface area contributed by atoms with E-state index >= 15 is 0 Å². The summed E-state index contributed by atoms with van der Waals surface area (Å²) < 4.78 is 40.8. The van der Waals surface area contributed by atoms with E-state index in [1.807, 2.05) is 12.1 Å². The second-order valence-corrected chi connectivity index (χ2v) is 7.85. The quantitative estimate of drug-likeness (QED) is 0.565. The molecule has 1 aromatic heterocycles. The zero-order chi connectivity index (χ0) is 22.1. The summed E-state index contributed by atoms with van der Waals surface area (Å²) in [5.74, 6) is 0.0677. The van der Waals surface area contributed by atoms with E-state index < -0.39 is 23.7 Å². The van der Waals surface area contributed by atoms with E-state index in [4.69, 9.17) is 0 Å². The molecule has 31 heavy (non-hydrogen) atoms. The average molecular weight is 435 g/mol. The van der Waals surface area contributed by atoms with Crippen molar-refractivity contribution in [2.24, 2.45) is 5.92 Å². The van der Waals surface area contributed by atoms with Crippen LogP contribution in [0.25, 0.3) is 0 Å². The van der Waals surface area contributed by atoms with Crippen LogP contribution in [-0.4, -0.2) is 37.1 Å². The van der Waals surface area contributed by atoms with Crippen molar-refractivity contribution >= 4 is 5.91 Å². The van der Waals surface area contributed by atoms with Crippen LogP contribution in [0.3, 0.4) is 0 Å². The molecule has 0 saturated carbocycles. The van der Waals surface area contributed by atoms with E-state index in [-0.39, 0.29) is 5.56 Å². The maximum absolute atomic E-state index is 13.6. The summed E-state index contributed by atoms with van der Waals surface area (Å²) in [5.41, 5.74) is 0.182. The number of pyridine rings is 1. The predicted molar refractivity (Wildman–Crippen MR) is 113 cm³/mol. The molecule has 0 radical (unpaired) electrons. The van der Waals surface area contributed by atoms with Gasteiger partial charge in [0.15, 0.2) is 0 Å². The molecule has 8 heteroatoms. The van der Waals surface area contributed by atoms with E-state index in [0.717, 1.165) is 44.0 Å². The van der Waals surface area contributed by atoms with Gasteiger partial charge in [0.1, 0.15) is 6.04 Å². The summed E-state index contributed by atoms with van der Waals surface area (Å²) in [6.45, 7) is 2.74. The van der Waals surface area contributed by atoms with Gasteiger partial charge in [-0.1, -0.05) is 18.2 Å². The number of carbonyl (C=O) groups excluding carboxylic acids is 1. The third kappa shape index (κ3) is 7.04. The molecule has 1 unspecified atom stereocenters. The lowest BCUT2D eigenvalue weighted by Crippen LogP contribution is -2.40.